The molecule has 0 N–H and O–H groups in total. The Labute approximate surface area is 150 Å². The Morgan fingerprint density at radius 1 is 1.12 bits per heavy atom. The number of carbonyl (C=O) groups excluding carboxylic acids is 1. The lowest BCUT2D eigenvalue weighted by atomic mass is 10.0. The Morgan fingerprint density at radius 3 is 2.65 bits per heavy atom. The molecule has 0 bridgehead atoms. The first-order valence-corrected chi connectivity index (χ1v) is 8.23. The summed E-state index contributed by atoms with van der Waals surface area (Å²) in [6.45, 7) is 0.756. The smallest absolute Gasteiger partial charge is 0.259 e. The van der Waals surface area contributed by atoms with Gasteiger partial charge in [0.15, 0.2) is 0 Å². The van der Waals surface area contributed by atoms with E-state index in [1.165, 1.54) is 0 Å². The van der Waals surface area contributed by atoms with Gasteiger partial charge in [-0.2, -0.15) is 0 Å². The van der Waals surface area contributed by atoms with Gasteiger partial charge in [0.05, 0.1) is 25.9 Å². The Hall–Kier alpha value is -3.50. The minimum absolute atomic E-state index is 0.0117. The molecule has 4 rings (SSSR count). The SMILES string of the molecule is COc1ccc(CN2C(=O)c3cccc4c(CN=[N+]=[N-])ccc2c34)cc1. The van der Waals surface area contributed by atoms with Crippen molar-refractivity contribution in [1.29, 1.82) is 0 Å². The van der Waals surface area contributed by atoms with Crippen molar-refractivity contribution < 1.29 is 9.53 Å². The Balaban J connectivity index is 1.76. The van der Waals surface area contributed by atoms with Crippen LogP contribution in [0.1, 0.15) is 21.5 Å². The number of ether oxygens (including phenoxy) is 1. The molecule has 0 saturated heterocycles. The van der Waals surface area contributed by atoms with Crippen LogP contribution in [0.15, 0.2) is 59.7 Å². The lowest BCUT2D eigenvalue weighted by Gasteiger charge is -2.18. The van der Waals surface area contributed by atoms with Gasteiger partial charge in [-0.15, -0.1) is 0 Å². The molecule has 0 atom stereocenters. The average Bonchev–Trinajstić information content (AvgIpc) is 2.95. The van der Waals surface area contributed by atoms with Gasteiger partial charge in [0.2, 0.25) is 0 Å². The molecule has 26 heavy (non-hydrogen) atoms. The molecule has 6 nitrogen and oxygen atoms in total. The van der Waals surface area contributed by atoms with Crippen molar-refractivity contribution in [2.75, 3.05) is 12.0 Å². The number of nitrogens with zero attached hydrogens (tertiary/aromatic N) is 4. The molecule has 1 amide bonds. The number of carbonyl (C=O) groups is 1. The van der Waals surface area contributed by atoms with Crippen LogP contribution in [0.5, 0.6) is 5.75 Å². The van der Waals surface area contributed by atoms with Gasteiger partial charge >= 0.3 is 0 Å². The third-order valence-corrected chi connectivity index (χ3v) is 4.68. The number of hydrogen-bond donors (Lipinski definition) is 0. The number of rotatable bonds is 5. The predicted molar refractivity (Wildman–Crippen MR) is 100 cm³/mol. The minimum Gasteiger partial charge on any atom is -0.497 e. The van der Waals surface area contributed by atoms with Crippen LogP contribution in [-0.4, -0.2) is 13.0 Å². The van der Waals surface area contributed by atoms with Crippen LogP contribution in [0.4, 0.5) is 5.69 Å². The normalized spacial score (nSPS) is 12.3. The van der Waals surface area contributed by atoms with Gasteiger partial charge in [0.1, 0.15) is 5.75 Å². The van der Waals surface area contributed by atoms with Crippen molar-refractivity contribution in [3.63, 3.8) is 0 Å². The van der Waals surface area contributed by atoms with Crippen LogP contribution in [0.3, 0.4) is 0 Å². The van der Waals surface area contributed by atoms with Crippen LogP contribution in [-0.2, 0) is 13.1 Å². The van der Waals surface area contributed by atoms with Crippen molar-refractivity contribution >= 4 is 22.4 Å². The van der Waals surface area contributed by atoms with E-state index >= 15 is 0 Å². The first-order valence-electron chi connectivity index (χ1n) is 8.23. The Bertz CT molecular complexity index is 1050. The van der Waals surface area contributed by atoms with Gasteiger partial charge in [-0.3, -0.25) is 4.79 Å². The minimum atomic E-state index is -0.0117. The van der Waals surface area contributed by atoms with Gasteiger partial charge in [0.25, 0.3) is 5.91 Å². The summed E-state index contributed by atoms with van der Waals surface area (Å²) in [7, 11) is 1.63. The molecule has 0 fully saturated rings. The van der Waals surface area contributed by atoms with Gasteiger partial charge < -0.3 is 9.64 Å². The van der Waals surface area contributed by atoms with Crippen molar-refractivity contribution in [3.8, 4) is 5.75 Å². The van der Waals surface area contributed by atoms with Gasteiger partial charge in [-0.05, 0) is 46.3 Å². The van der Waals surface area contributed by atoms with Crippen LogP contribution >= 0.6 is 0 Å². The van der Waals surface area contributed by atoms with E-state index in [4.69, 9.17) is 10.3 Å². The summed E-state index contributed by atoms with van der Waals surface area (Å²) in [6, 6.07) is 17.2. The molecule has 1 aliphatic heterocycles. The monoisotopic (exact) mass is 344 g/mol. The summed E-state index contributed by atoms with van der Waals surface area (Å²) in [6.07, 6.45) is 0. The molecule has 0 saturated carbocycles. The van der Waals surface area contributed by atoms with Crippen LogP contribution < -0.4 is 9.64 Å². The maximum absolute atomic E-state index is 12.9. The number of azide groups is 1. The predicted octanol–water partition coefficient (Wildman–Crippen LogP) is 4.82. The summed E-state index contributed by atoms with van der Waals surface area (Å²) in [5, 5.41) is 5.55. The fourth-order valence-electron chi connectivity index (χ4n) is 3.42. The van der Waals surface area contributed by atoms with E-state index in [-0.39, 0.29) is 12.5 Å². The molecule has 0 aliphatic carbocycles. The second-order valence-electron chi connectivity index (χ2n) is 6.10. The Morgan fingerprint density at radius 2 is 1.92 bits per heavy atom. The molecule has 1 aliphatic rings. The van der Waals surface area contributed by atoms with E-state index in [0.717, 1.165) is 33.3 Å². The average molecular weight is 344 g/mol. The first-order chi connectivity index (χ1) is 12.7. The van der Waals surface area contributed by atoms with E-state index in [1.54, 1.807) is 12.0 Å². The van der Waals surface area contributed by atoms with Crippen molar-refractivity contribution in [2.45, 2.75) is 13.1 Å². The highest BCUT2D eigenvalue weighted by Gasteiger charge is 2.30. The highest BCUT2D eigenvalue weighted by Crippen LogP contribution is 2.39. The van der Waals surface area contributed by atoms with E-state index in [0.29, 0.717) is 12.1 Å². The Kier molecular flexibility index (Phi) is 3.95. The quantitative estimate of drug-likeness (QED) is 0.378. The molecule has 128 valence electrons. The maximum Gasteiger partial charge on any atom is 0.259 e. The zero-order chi connectivity index (χ0) is 18.1. The van der Waals surface area contributed by atoms with Gasteiger partial charge in [0, 0.05) is 15.9 Å². The molecular weight excluding hydrogens is 328 g/mol. The number of anilines is 1. The molecule has 6 heteroatoms. The number of amides is 1. The molecule has 0 aromatic heterocycles. The van der Waals surface area contributed by atoms with E-state index < -0.39 is 0 Å². The summed E-state index contributed by atoms with van der Waals surface area (Å²) in [5.41, 5.74) is 12.1. The van der Waals surface area contributed by atoms with Gasteiger partial charge in [-0.25, -0.2) is 0 Å². The molecule has 0 spiro atoms. The zero-order valence-electron chi connectivity index (χ0n) is 14.2. The second-order valence-corrected chi connectivity index (χ2v) is 6.10. The fraction of sp³-hybridized carbons (Fsp3) is 0.150. The number of hydrogen-bond acceptors (Lipinski definition) is 3. The third-order valence-electron chi connectivity index (χ3n) is 4.68. The van der Waals surface area contributed by atoms with E-state index in [2.05, 4.69) is 10.0 Å². The number of methoxy groups -OCH3 is 1. The van der Waals surface area contributed by atoms with Crippen LogP contribution in [0.25, 0.3) is 21.2 Å². The first kappa shape index (κ1) is 16.0. The molecule has 1 heterocycles. The van der Waals surface area contributed by atoms with Crippen LogP contribution in [0.2, 0.25) is 0 Å². The van der Waals surface area contributed by atoms with Crippen molar-refractivity contribution in [1.82, 2.24) is 0 Å². The van der Waals surface area contributed by atoms with E-state index in [1.807, 2.05) is 54.6 Å². The van der Waals surface area contributed by atoms with E-state index in [9.17, 15) is 4.79 Å². The summed E-state index contributed by atoms with van der Waals surface area (Å²) in [5.74, 6) is 0.775. The van der Waals surface area contributed by atoms with Crippen molar-refractivity contribution in [3.05, 3.63) is 81.7 Å². The molecule has 0 unspecified atom stereocenters. The maximum atomic E-state index is 12.9. The molecular formula is C20H16N4O2. The van der Waals surface area contributed by atoms with Crippen molar-refractivity contribution in [2.24, 2.45) is 5.11 Å². The second kappa shape index (κ2) is 6.43. The molecule has 0 radical (unpaired) electrons. The molecule has 3 aromatic rings. The highest BCUT2D eigenvalue weighted by molar-refractivity contribution is 6.25. The fourth-order valence-corrected chi connectivity index (χ4v) is 3.42. The summed E-state index contributed by atoms with van der Waals surface area (Å²) < 4.78 is 5.19. The standard InChI is InChI=1S/C20H16N4O2/c1-26-15-8-5-13(6-9-15)12-24-18-10-7-14(11-22-23-21)16-3-2-4-17(19(16)18)20(24)25/h2-10H,11-12H2,1H3. The number of benzene rings is 3. The summed E-state index contributed by atoms with van der Waals surface area (Å²) >= 11 is 0. The van der Waals surface area contributed by atoms with Gasteiger partial charge in [-0.1, -0.05) is 35.4 Å². The highest BCUT2D eigenvalue weighted by atomic mass is 16.5. The lowest BCUT2D eigenvalue weighted by molar-refractivity contribution is 0.0991. The lowest BCUT2D eigenvalue weighted by Crippen LogP contribution is -2.25. The third kappa shape index (κ3) is 2.53. The summed E-state index contributed by atoms with van der Waals surface area (Å²) in [4.78, 5) is 17.6. The van der Waals surface area contributed by atoms with Crippen LogP contribution in [0, 0.1) is 0 Å². The zero-order valence-corrected chi connectivity index (χ0v) is 14.2. The topological polar surface area (TPSA) is 78.3 Å². The molecule has 3 aromatic carbocycles. The largest absolute Gasteiger partial charge is 0.497 e.